The number of benzene rings is 2. The van der Waals surface area contributed by atoms with Crippen LogP contribution in [0.15, 0.2) is 63.9 Å². The number of anilines is 1. The van der Waals surface area contributed by atoms with E-state index < -0.39 is 0 Å². The molecule has 0 unspecified atom stereocenters. The third-order valence-corrected chi connectivity index (χ3v) is 5.56. The molecule has 28 heavy (non-hydrogen) atoms. The summed E-state index contributed by atoms with van der Waals surface area (Å²) in [4.78, 5) is 23.8. The summed E-state index contributed by atoms with van der Waals surface area (Å²) in [7, 11) is 0. The van der Waals surface area contributed by atoms with Crippen molar-refractivity contribution in [2.45, 2.75) is 6.42 Å². The van der Waals surface area contributed by atoms with Gasteiger partial charge >= 0.3 is 5.76 Å². The van der Waals surface area contributed by atoms with Crippen LogP contribution in [0, 0.1) is 0 Å². The van der Waals surface area contributed by atoms with Crippen LogP contribution in [0.2, 0.25) is 0 Å². The lowest BCUT2D eigenvalue weighted by Crippen LogP contribution is -2.47. The first-order chi connectivity index (χ1) is 13.8. The molecule has 6 heteroatoms. The van der Waals surface area contributed by atoms with E-state index in [0.717, 1.165) is 55.7 Å². The fourth-order valence-electron chi connectivity index (χ4n) is 4.07. The van der Waals surface area contributed by atoms with E-state index in [-0.39, 0.29) is 5.76 Å². The van der Waals surface area contributed by atoms with Crippen molar-refractivity contribution in [3.05, 3.63) is 70.8 Å². The number of fused-ring (bicyclic) bond motifs is 2. The van der Waals surface area contributed by atoms with Crippen molar-refractivity contribution in [2.24, 2.45) is 0 Å². The minimum atomic E-state index is -0.389. The maximum Gasteiger partial charge on any atom is 0.417 e. The van der Waals surface area contributed by atoms with E-state index in [2.05, 4.69) is 50.1 Å². The molecule has 1 N–H and O–H groups in total. The van der Waals surface area contributed by atoms with Crippen molar-refractivity contribution in [1.82, 2.24) is 14.9 Å². The molecule has 5 rings (SSSR count). The first kappa shape index (κ1) is 17.0. The Balaban J connectivity index is 1.25. The average Bonchev–Trinajstić information content (AvgIpc) is 3.13. The van der Waals surface area contributed by atoms with Crippen LogP contribution in [-0.2, 0) is 6.42 Å². The van der Waals surface area contributed by atoms with Crippen molar-refractivity contribution < 1.29 is 4.42 Å². The maximum atomic E-state index is 11.5. The largest absolute Gasteiger partial charge is 0.417 e. The van der Waals surface area contributed by atoms with Gasteiger partial charge in [-0.3, -0.25) is 14.9 Å². The second-order valence-corrected chi connectivity index (χ2v) is 7.24. The fraction of sp³-hybridized carbons (Fsp3) is 0.273. The number of hydrogen-bond donors (Lipinski definition) is 1. The van der Waals surface area contributed by atoms with Crippen LogP contribution in [0.25, 0.3) is 22.0 Å². The van der Waals surface area contributed by atoms with Crippen molar-refractivity contribution in [3.63, 3.8) is 0 Å². The van der Waals surface area contributed by atoms with Gasteiger partial charge in [-0.05, 0) is 30.2 Å². The molecule has 2 aromatic heterocycles. The van der Waals surface area contributed by atoms with Gasteiger partial charge in [-0.1, -0.05) is 30.3 Å². The van der Waals surface area contributed by atoms with Gasteiger partial charge in [0.25, 0.3) is 0 Å². The third-order valence-electron chi connectivity index (χ3n) is 5.56. The molecular weight excluding hydrogens is 352 g/mol. The number of hydrogen-bond acceptors (Lipinski definition) is 5. The molecule has 1 aliphatic rings. The zero-order chi connectivity index (χ0) is 18.9. The normalized spacial score (nSPS) is 15.5. The summed E-state index contributed by atoms with van der Waals surface area (Å²) in [6.07, 6.45) is 2.76. The molecule has 0 aliphatic carbocycles. The van der Waals surface area contributed by atoms with E-state index in [0.29, 0.717) is 5.58 Å². The summed E-state index contributed by atoms with van der Waals surface area (Å²) < 4.78 is 5.16. The van der Waals surface area contributed by atoms with Crippen LogP contribution in [-0.4, -0.2) is 47.6 Å². The minimum absolute atomic E-state index is 0.389. The summed E-state index contributed by atoms with van der Waals surface area (Å²) in [5, 5.41) is 1.18. The minimum Gasteiger partial charge on any atom is -0.408 e. The quantitative estimate of drug-likeness (QED) is 0.595. The fourth-order valence-corrected chi connectivity index (χ4v) is 4.07. The highest BCUT2D eigenvalue weighted by molar-refractivity contribution is 5.90. The lowest BCUT2D eigenvalue weighted by molar-refractivity contribution is 0.261. The third kappa shape index (κ3) is 3.16. The topological polar surface area (TPSA) is 65.4 Å². The molecule has 1 aliphatic heterocycles. The predicted molar refractivity (Wildman–Crippen MR) is 111 cm³/mol. The van der Waals surface area contributed by atoms with Gasteiger partial charge < -0.3 is 9.32 Å². The van der Waals surface area contributed by atoms with E-state index >= 15 is 0 Å². The highest BCUT2D eigenvalue weighted by Gasteiger charge is 2.19. The predicted octanol–water partition coefficient (Wildman–Crippen LogP) is 3.03. The van der Waals surface area contributed by atoms with Gasteiger partial charge in [0, 0.05) is 44.3 Å². The van der Waals surface area contributed by atoms with Crippen LogP contribution < -0.4 is 10.7 Å². The monoisotopic (exact) mass is 374 g/mol. The molecule has 4 aromatic rings. The summed E-state index contributed by atoms with van der Waals surface area (Å²) in [5.41, 5.74) is 4.89. The van der Waals surface area contributed by atoms with Crippen molar-refractivity contribution >= 4 is 27.7 Å². The molecule has 1 fully saturated rings. The molecule has 0 amide bonds. The molecule has 0 spiro atoms. The van der Waals surface area contributed by atoms with Crippen molar-refractivity contribution in [1.29, 1.82) is 0 Å². The Hall–Kier alpha value is -3.12. The highest BCUT2D eigenvalue weighted by atomic mass is 16.4. The average molecular weight is 374 g/mol. The van der Waals surface area contributed by atoms with Crippen LogP contribution in [0.3, 0.4) is 0 Å². The Bertz CT molecular complexity index is 1170. The molecule has 0 bridgehead atoms. The Kier molecular flexibility index (Phi) is 4.33. The molecule has 142 valence electrons. The van der Waals surface area contributed by atoms with E-state index in [4.69, 9.17) is 4.42 Å². The van der Waals surface area contributed by atoms with Crippen LogP contribution >= 0.6 is 0 Å². The Morgan fingerprint density at radius 2 is 1.82 bits per heavy atom. The molecule has 2 aromatic carbocycles. The molecular formula is C22H22N4O2. The van der Waals surface area contributed by atoms with Crippen LogP contribution in [0.1, 0.15) is 5.56 Å². The van der Waals surface area contributed by atoms with Gasteiger partial charge in [0.2, 0.25) is 0 Å². The van der Waals surface area contributed by atoms with E-state index in [1.807, 2.05) is 24.4 Å². The van der Waals surface area contributed by atoms with Gasteiger partial charge in [-0.25, -0.2) is 4.79 Å². The number of H-pyrrole nitrogens is 1. The Morgan fingerprint density at radius 3 is 2.71 bits per heavy atom. The van der Waals surface area contributed by atoms with Crippen LogP contribution in [0.5, 0.6) is 0 Å². The van der Waals surface area contributed by atoms with Gasteiger partial charge in [-0.15, -0.1) is 0 Å². The zero-order valence-corrected chi connectivity index (χ0v) is 15.6. The maximum absolute atomic E-state index is 11.5. The number of nitrogens with zero attached hydrogens (tertiary/aromatic N) is 3. The number of aromatic amines is 1. The second-order valence-electron chi connectivity index (χ2n) is 7.24. The van der Waals surface area contributed by atoms with Crippen LogP contribution in [0.4, 0.5) is 5.69 Å². The Labute approximate surface area is 162 Å². The summed E-state index contributed by atoms with van der Waals surface area (Å²) in [6.45, 7) is 4.97. The summed E-state index contributed by atoms with van der Waals surface area (Å²) in [6, 6.07) is 16.3. The zero-order valence-electron chi connectivity index (χ0n) is 15.6. The molecule has 6 nitrogen and oxygen atoms in total. The number of para-hydroxylation sites is 2. The second kappa shape index (κ2) is 7.13. The van der Waals surface area contributed by atoms with Gasteiger partial charge in [0.15, 0.2) is 5.58 Å². The molecule has 0 atom stereocenters. The van der Waals surface area contributed by atoms with Gasteiger partial charge in [-0.2, -0.15) is 0 Å². The smallest absolute Gasteiger partial charge is 0.408 e. The summed E-state index contributed by atoms with van der Waals surface area (Å²) >= 11 is 0. The number of rotatable bonds is 4. The number of piperazine rings is 1. The van der Waals surface area contributed by atoms with Gasteiger partial charge in [0.05, 0.1) is 16.7 Å². The number of pyridine rings is 1. The first-order valence-corrected chi connectivity index (χ1v) is 9.70. The number of oxazole rings is 1. The first-order valence-electron chi connectivity index (χ1n) is 9.70. The van der Waals surface area contributed by atoms with Gasteiger partial charge in [0.1, 0.15) is 0 Å². The number of aromatic nitrogens is 2. The lowest BCUT2D eigenvalue weighted by atomic mass is 10.1. The summed E-state index contributed by atoms with van der Waals surface area (Å²) in [5.74, 6) is -0.389. The molecule has 1 saturated heterocycles. The number of nitrogens with one attached hydrogen (secondary N) is 1. The Morgan fingerprint density at radius 1 is 1.00 bits per heavy atom. The highest BCUT2D eigenvalue weighted by Crippen LogP contribution is 2.25. The molecule has 0 saturated carbocycles. The SMILES string of the molecule is O=c1[nH]c2c(CCN3CCN(c4cccc5cccnc45)CC3)cccc2o1. The molecule has 0 radical (unpaired) electrons. The van der Waals surface area contributed by atoms with Crippen molar-refractivity contribution in [2.75, 3.05) is 37.6 Å². The van der Waals surface area contributed by atoms with E-state index in [1.165, 1.54) is 11.1 Å². The van der Waals surface area contributed by atoms with E-state index in [9.17, 15) is 4.79 Å². The van der Waals surface area contributed by atoms with Crippen molar-refractivity contribution in [3.8, 4) is 0 Å². The lowest BCUT2D eigenvalue weighted by Gasteiger charge is -2.36. The van der Waals surface area contributed by atoms with E-state index in [1.54, 1.807) is 0 Å². The standard InChI is InChI=1S/C22H22N4O2/c27-22-24-21-17(5-2-8-19(21)28-22)9-11-25-12-14-26(15-13-25)18-7-1-4-16-6-3-10-23-20(16)18/h1-8,10H,9,11-15H2,(H,24,27). The molecule has 3 heterocycles.